The van der Waals surface area contributed by atoms with Crippen molar-refractivity contribution in [2.45, 2.75) is 26.3 Å². The monoisotopic (exact) mass is 240 g/mol. The molecule has 1 aliphatic rings. The van der Waals surface area contributed by atoms with E-state index >= 15 is 0 Å². The molecule has 2 N–H and O–H groups in total. The van der Waals surface area contributed by atoms with Crippen LogP contribution >= 0.6 is 0 Å². The van der Waals surface area contributed by atoms with Gasteiger partial charge in [-0.3, -0.25) is 0 Å². The predicted octanol–water partition coefficient (Wildman–Crippen LogP) is 0.559. The molecular weight excluding hydrogens is 220 g/mol. The van der Waals surface area contributed by atoms with Crippen molar-refractivity contribution in [3.63, 3.8) is 0 Å². The van der Waals surface area contributed by atoms with Crippen LogP contribution in [0, 0.1) is 5.92 Å². The average molecular weight is 240 g/mol. The molecule has 2 unspecified atom stereocenters. The molecule has 17 heavy (non-hydrogen) atoms. The molecule has 6 heteroatoms. The van der Waals surface area contributed by atoms with Crippen molar-refractivity contribution in [3.8, 4) is 0 Å². The molecule has 2 heterocycles. The van der Waals surface area contributed by atoms with E-state index in [1.165, 1.54) is 0 Å². The maximum Gasteiger partial charge on any atom is 0.318 e. The van der Waals surface area contributed by atoms with E-state index in [4.69, 9.17) is 9.52 Å². The van der Waals surface area contributed by atoms with Crippen molar-refractivity contribution < 1.29 is 9.52 Å². The molecule has 0 spiro atoms. The van der Waals surface area contributed by atoms with Crippen molar-refractivity contribution in [2.75, 3.05) is 31.1 Å². The lowest BCUT2D eigenvalue weighted by Crippen LogP contribution is -2.21. The minimum absolute atomic E-state index is 0.0810. The summed E-state index contributed by atoms with van der Waals surface area (Å²) in [5.74, 6) is 0.950. The smallest absolute Gasteiger partial charge is 0.318 e. The number of aliphatic hydroxyl groups excluding tert-OH is 1. The summed E-state index contributed by atoms with van der Waals surface area (Å²) in [7, 11) is 0. The Bertz CT molecular complexity index is 355. The number of anilines is 1. The van der Waals surface area contributed by atoms with E-state index < -0.39 is 0 Å². The van der Waals surface area contributed by atoms with Crippen LogP contribution in [0.4, 0.5) is 6.01 Å². The third-order valence-electron chi connectivity index (χ3n) is 3.13. The van der Waals surface area contributed by atoms with Gasteiger partial charge < -0.3 is 19.7 Å². The van der Waals surface area contributed by atoms with Gasteiger partial charge in [0.1, 0.15) is 0 Å². The number of nitrogens with zero attached hydrogens (tertiary/aromatic N) is 3. The SMILES string of the molecule is CCNC(C)c1nnc(N2CCC(CO)C2)o1. The Kier molecular flexibility index (Phi) is 3.96. The first-order valence-electron chi connectivity index (χ1n) is 6.17. The first kappa shape index (κ1) is 12.3. The molecule has 0 aromatic carbocycles. The van der Waals surface area contributed by atoms with E-state index in [0.29, 0.717) is 17.8 Å². The molecule has 2 rings (SSSR count). The van der Waals surface area contributed by atoms with E-state index in [2.05, 4.69) is 15.5 Å². The Morgan fingerprint density at radius 1 is 1.59 bits per heavy atom. The van der Waals surface area contributed by atoms with Crippen LogP contribution < -0.4 is 10.2 Å². The van der Waals surface area contributed by atoms with Crippen LogP contribution in [0.1, 0.15) is 32.2 Å². The zero-order valence-electron chi connectivity index (χ0n) is 10.4. The van der Waals surface area contributed by atoms with Crippen LogP contribution in [0.5, 0.6) is 0 Å². The molecular formula is C11H20N4O2. The van der Waals surface area contributed by atoms with Crippen molar-refractivity contribution in [3.05, 3.63) is 5.89 Å². The molecule has 1 fully saturated rings. The fourth-order valence-corrected chi connectivity index (χ4v) is 2.08. The van der Waals surface area contributed by atoms with Crippen LogP contribution in [-0.2, 0) is 0 Å². The van der Waals surface area contributed by atoms with E-state index in [1.54, 1.807) is 0 Å². The Morgan fingerprint density at radius 3 is 3.06 bits per heavy atom. The van der Waals surface area contributed by atoms with Gasteiger partial charge in [0.2, 0.25) is 5.89 Å². The third-order valence-corrected chi connectivity index (χ3v) is 3.13. The second-order valence-corrected chi connectivity index (χ2v) is 4.49. The summed E-state index contributed by atoms with van der Waals surface area (Å²) >= 11 is 0. The number of hydrogen-bond acceptors (Lipinski definition) is 6. The van der Waals surface area contributed by atoms with Crippen molar-refractivity contribution in [2.24, 2.45) is 5.92 Å². The quantitative estimate of drug-likeness (QED) is 0.783. The molecule has 0 aliphatic carbocycles. The zero-order valence-corrected chi connectivity index (χ0v) is 10.4. The summed E-state index contributed by atoms with van der Waals surface area (Å²) in [4.78, 5) is 2.04. The van der Waals surface area contributed by atoms with Gasteiger partial charge in [-0.05, 0) is 19.9 Å². The molecule has 1 aliphatic heterocycles. The van der Waals surface area contributed by atoms with Crippen LogP contribution in [0.15, 0.2) is 4.42 Å². The molecule has 1 aromatic rings. The fourth-order valence-electron chi connectivity index (χ4n) is 2.08. The number of aliphatic hydroxyl groups is 1. The second-order valence-electron chi connectivity index (χ2n) is 4.49. The molecule has 0 bridgehead atoms. The molecule has 0 radical (unpaired) electrons. The molecule has 2 atom stereocenters. The topological polar surface area (TPSA) is 74.4 Å². The predicted molar refractivity (Wildman–Crippen MR) is 63.8 cm³/mol. The fraction of sp³-hybridized carbons (Fsp3) is 0.818. The van der Waals surface area contributed by atoms with Crippen molar-refractivity contribution in [1.29, 1.82) is 0 Å². The Balaban J connectivity index is 1.98. The molecule has 0 saturated carbocycles. The standard InChI is InChI=1S/C11H20N4O2/c1-3-12-8(2)10-13-14-11(17-10)15-5-4-9(6-15)7-16/h8-9,12,16H,3-7H2,1-2H3. The highest BCUT2D eigenvalue weighted by Gasteiger charge is 2.26. The summed E-state index contributed by atoms with van der Waals surface area (Å²) in [6, 6.07) is 0.651. The van der Waals surface area contributed by atoms with Gasteiger partial charge in [-0.15, -0.1) is 5.10 Å². The van der Waals surface area contributed by atoms with E-state index in [0.717, 1.165) is 26.1 Å². The minimum Gasteiger partial charge on any atom is -0.406 e. The first-order chi connectivity index (χ1) is 8.24. The van der Waals surface area contributed by atoms with Crippen LogP contribution in [0.2, 0.25) is 0 Å². The maximum atomic E-state index is 9.09. The van der Waals surface area contributed by atoms with Crippen LogP contribution in [-0.4, -0.2) is 41.5 Å². The van der Waals surface area contributed by atoms with Gasteiger partial charge in [0, 0.05) is 25.6 Å². The van der Waals surface area contributed by atoms with Gasteiger partial charge in [0.25, 0.3) is 0 Å². The molecule has 1 aromatic heterocycles. The van der Waals surface area contributed by atoms with Crippen molar-refractivity contribution in [1.82, 2.24) is 15.5 Å². The molecule has 1 saturated heterocycles. The van der Waals surface area contributed by atoms with Crippen LogP contribution in [0.3, 0.4) is 0 Å². The van der Waals surface area contributed by atoms with Gasteiger partial charge in [-0.2, -0.15) is 0 Å². The van der Waals surface area contributed by atoms with Gasteiger partial charge >= 0.3 is 6.01 Å². The lowest BCUT2D eigenvalue weighted by atomic mass is 10.1. The van der Waals surface area contributed by atoms with E-state index in [-0.39, 0.29) is 12.6 Å². The van der Waals surface area contributed by atoms with Gasteiger partial charge in [0.15, 0.2) is 0 Å². The lowest BCUT2D eigenvalue weighted by molar-refractivity contribution is 0.238. The zero-order chi connectivity index (χ0) is 12.3. The summed E-state index contributed by atoms with van der Waals surface area (Å²) in [6.45, 7) is 6.82. The summed E-state index contributed by atoms with van der Waals surface area (Å²) in [5, 5.41) is 20.4. The normalized spacial score (nSPS) is 22.1. The summed E-state index contributed by atoms with van der Waals surface area (Å²) in [6.07, 6.45) is 0.983. The minimum atomic E-state index is 0.0810. The Labute approximate surface area is 101 Å². The summed E-state index contributed by atoms with van der Waals surface area (Å²) in [5.41, 5.74) is 0. The number of hydrogen-bond donors (Lipinski definition) is 2. The largest absolute Gasteiger partial charge is 0.406 e. The lowest BCUT2D eigenvalue weighted by Gasteiger charge is -2.12. The van der Waals surface area contributed by atoms with E-state index in [9.17, 15) is 0 Å². The maximum absolute atomic E-state index is 9.09. The van der Waals surface area contributed by atoms with Gasteiger partial charge in [-0.1, -0.05) is 12.0 Å². The highest BCUT2D eigenvalue weighted by atomic mass is 16.4. The van der Waals surface area contributed by atoms with Gasteiger partial charge in [0.05, 0.1) is 6.04 Å². The Morgan fingerprint density at radius 2 is 2.41 bits per heavy atom. The Hall–Kier alpha value is -1.14. The molecule has 0 amide bonds. The van der Waals surface area contributed by atoms with Gasteiger partial charge in [-0.25, -0.2) is 0 Å². The average Bonchev–Trinajstić information content (AvgIpc) is 2.98. The molecule has 96 valence electrons. The summed E-state index contributed by atoms with van der Waals surface area (Å²) < 4.78 is 5.63. The van der Waals surface area contributed by atoms with E-state index in [1.807, 2.05) is 18.7 Å². The third kappa shape index (κ3) is 2.76. The number of rotatable bonds is 5. The number of aromatic nitrogens is 2. The highest BCUT2D eigenvalue weighted by Crippen LogP contribution is 2.23. The van der Waals surface area contributed by atoms with Crippen molar-refractivity contribution >= 4 is 6.01 Å². The number of nitrogens with one attached hydrogen (secondary N) is 1. The first-order valence-corrected chi connectivity index (χ1v) is 6.17. The highest BCUT2D eigenvalue weighted by molar-refractivity contribution is 5.26. The van der Waals surface area contributed by atoms with Crippen LogP contribution in [0.25, 0.3) is 0 Å². The molecule has 6 nitrogen and oxygen atoms in total. The second kappa shape index (κ2) is 5.46.